The summed E-state index contributed by atoms with van der Waals surface area (Å²) in [6.07, 6.45) is 3.48. The van der Waals surface area contributed by atoms with Crippen LogP contribution < -0.4 is 16.0 Å². The molecule has 4 aromatic rings. The molecule has 9 nitrogen and oxygen atoms in total. The van der Waals surface area contributed by atoms with Gasteiger partial charge in [0.1, 0.15) is 5.52 Å². The van der Waals surface area contributed by atoms with Gasteiger partial charge in [0.25, 0.3) is 11.9 Å². The van der Waals surface area contributed by atoms with E-state index in [1.165, 1.54) is 0 Å². The van der Waals surface area contributed by atoms with Crippen molar-refractivity contribution in [3.8, 4) is 0 Å². The molecule has 0 spiro atoms. The Hall–Kier alpha value is -3.88. The summed E-state index contributed by atoms with van der Waals surface area (Å²) in [5.74, 6) is -0.402. The second-order valence-corrected chi connectivity index (χ2v) is 7.59. The zero-order chi connectivity index (χ0) is 20.8. The number of oxazole rings is 1. The van der Waals surface area contributed by atoms with E-state index >= 15 is 0 Å². The Balaban J connectivity index is 1.33. The van der Waals surface area contributed by atoms with Crippen molar-refractivity contribution in [3.63, 3.8) is 0 Å². The van der Waals surface area contributed by atoms with Crippen molar-refractivity contribution >= 4 is 34.4 Å². The number of hydrogen-bond donors (Lipinski definition) is 2. The molecular weight excluding hydrogens is 382 g/mol. The number of nitrogens with zero attached hydrogens (tertiary/aromatic N) is 5. The second kappa shape index (κ2) is 6.87. The quantitative estimate of drug-likeness (QED) is 0.526. The molecule has 0 unspecified atom stereocenters. The number of pyridine rings is 1. The van der Waals surface area contributed by atoms with Gasteiger partial charge in [0.2, 0.25) is 0 Å². The van der Waals surface area contributed by atoms with Gasteiger partial charge in [-0.25, -0.2) is 4.98 Å². The molecule has 0 bridgehead atoms. The average Bonchev–Trinajstić information content (AvgIpc) is 3.26. The maximum atomic E-state index is 12.0. The van der Waals surface area contributed by atoms with Crippen LogP contribution >= 0.6 is 0 Å². The molecule has 152 valence electrons. The number of primary amides is 1. The van der Waals surface area contributed by atoms with Crippen molar-refractivity contribution in [1.82, 2.24) is 19.7 Å². The number of aryl methyl sites for hydroxylation is 2. The molecule has 1 saturated heterocycles. The summed E-state index contributed by atoms with van der Waals surface area (Å²) in [5, 5.41) is 7.26. The summed E-state index contributed by atoms with van der Waals surface area (Å²) >= 11 is 0. The molecule has 1 fully saturated rings. The minimum absolute atomic E-state index is 0.173. The monoisotopic (exact) mass is 403 g/mol. The van der Waals surface area contributed by atoms with Gasteiger partial charge < -0.3 is 20.4 Å². The lowest BCUT2D eigenvalue weighted by molar-refractivity contribution is 0.0996. The van der Waals surface area contributed by atoms with Gasteiger partial charge in [-0.3, -0.25) is 9.48 Å². The molecule has 0 atom stereocenters. The highest BCUT2D eigenvalue weighted by molar-refractivity contribution is 5.97. The molecule has 0 radical (unpaired) electrons. The maximum Gasteiger partial charge on any atom is 0.298 e. The third-order valence-corrected chi connectivity index (χ3v) is 5.24. The van der Waals surface area contributed by atoms with Crippen LogP contribution in [0.1, 0.15) is 27.7 Å². The molecule has 30 heavy (non-hydrogen) atoms. The highest BCUT2D eigenvalue weighted by atomic mass is 16.4. The van der Waals surface area contributed by atoms with Crippen LogP contribution in [0.3, 0.4) is 0 Å². The predicted octanol–water partition coefficient (Wildman–Crippen LogP) is 2.71. The van der Waals surface area contributed by atoms with Crippen LogP contribution in [0.2, 0.25) is 0 Å². The van der Waals surface area contributed by atoms with Crippen molar-refractivity contribution in [1.29, 1.82) is 0 Å². The molecule has 0 aliphatic carbocycles. The number of hydrogen-bond acceptors (Lipinski definition) is 7. The number of benzene rings is 1. The number of anilines is 3. The summed E-state index contributed by atoms with van der Waals surface area (Å²) < 4.78 is 7.56. The van der Waals surface area contributed by atoms with Crippen molar-refractivity contribution in [2.75, 3.05) is 23.3 Å². The summed E-state index contributed by atoms with van der Waals surface area (Å²) in [6.45, 7) is 3.45. The predicted molar refractivity (Wildman–Crippen MR) is 113 cm³/mol. The smallest absolute Gasteiger partial charge is 0.298 e. The van der Waals surface area contributed by atoms with Crippen molar-refractivity contribution in [3.05, 3.63) is 59.7 Å². The third kappa shape index (κ3) is 3.24. The number of rotatable bonds is 5. The Morgan fingerprint density at radius 2 is 2.07 bits per heavy atom. The van der Waals surface area contributed by atoms with E-state index in [1.54, 1.807) is 10.9 Å². The van der Waals surface area contributed by atoms with E-state index in [0.717, 1.165) is 28.0 Å². The highest BCUT2D eigenvalue weighted by Gasteiger charge is 2.33. The Labute approximate surface area is 172 Å². The maximum absolute atomic E-state index is 12.0. The number of nitrogens with one attached hydrogen (secondary N) is 1. The van der Waals surface area contributed by atoms with E-state index in [0.29, 0.717) is 24.8 Å². The molecule has 1 amide bonds. The van der Waals surface area contributed by atoms with Crippen molar-refractivity contribution in [2.45, 2.75) is 12.8 Å². The van der Waals surface area contributed by atoms with Crippen LogP contribution in [0.25, 0.3) is 11.1 Å². The van der Waals surface area contributed by atoms with Crippen LogP contribution in [0, 0.1) is 6.92 Å². The molecule has 1 aliphatic heterocycles. The minimum Gasteiger partial charge on any atom is -0.423 e. The van der Waals surface area contributed by atoms with Crippen molar-refractivity contribution < 1.29 is 9.21 Å². The van der Waals surface area contributed by atoms with Crippen LogP contribution in [-0.2, 0) is 7.05 Å². The first-order valence-corrected chi connectivity index (χ1v) is 9.65. The van der Waals surface area contributed by atoms with E-state index in [9.17, 15) is 4.79 Å². The fourth-order valence-corrected chi connectivity index (χ4v) is 3.61. The highest BCUT2D eigenvalue weighted by Crippen LogP contribution is 2.33. The molecule has 5 rings (SSSR count). The zero-order valence-corrected chi connectivity index (χ0v) is 16.7. The molecule has 3 aromatic heterocycles. The minimum atomic E-state index is -0.575. The number of carbonyl (C=O) groups is 1. The van der Waals surface area contributed by atoms with Gasteiger partial charge in [-0.15, -0.1) is 0 Å². The number of nitrogens with two attached hydrogens (primary N) is 1. The molecule has 1 aliphatic rings. The molecule has 0 saturated carbocycles. The lowest BCUT2D eigenvalue weighted by atomic mass is 9.96. The van der Waals surface area contributed by atoms with Gasteiger partial charge in [-0.2, -0.15) is 10.1 Å². The lowest BCUT2D eigenvalue weighted by Gasteiger charge is -2.37. The summed E-state index contributed by atoms with van der Waals surface area (Å²) in [6, 6.07) is 10.3. The van der Waals surface area contributed by atoms with Gasteiger partial charge in [0.15, 0.2) is 11.3 Å². The van der Waals surface area contributed by atoms with E-state index in [2.05, 4.69) is 25.3 Å². The lowest BCUT2D eigenvalue weighted by Crippen LogP contribution is -2.45. The zero-order valence-electron chi connectivity index (χ0n) is 16.7. The standard InChI is InChI=1S/C21H21N7O2/c1-12-3-4-16-18(7-12)30-21(26-16)28-9-13(10-28)15-5-6-17(19(25-15)20(22)29)24-14-8-23-27(2)11-14/h3-8,11,13,24H,9-10H2,1-2H3,(H2,22,29). The van der Waals surface area contributed by atoms with Crippen LogP contribution in [-0.4, -0.2) is 38.7 Å². The molecule has 1 aromatic carbocycles. The Bertz CT molecular complexity index is 1250. The SMILES string of the molecule is Cc1ccc2nc(N3CC(c4ccc(Nc5cnn(C)c5)c(C(N)=O)n4)C3)oc2c1. The first kappa shape index (κ1) is 18.2. The van der Waals surface area contributed by atoms with E-state index in [-0.39, 0.29) is 11.6 Å². The average molecular weight is 403 g/mol. The van der Waals surface area contributed by atoms with Gasteiger partial charge in [-0.1, -0.05) is 6.07 Å². The Morgan fingerprint density at radius 3 is 2.80 bits per heavy atom. The molecular formula is C21H21N7O2. The van der Waals surface area contributed by atoms with Gasteiger partial charge in [-0.05, 0) is 36.8 Å². The van der Waals surface area contributed by atoms with Gasteiger partial charge >= 0.3 is 0 Å². The van der Waals surface area contributed by atoms with Gasteiger partial charge in [0.05, 0.1) is 17.6 Å². The molecule has 4 heterocycles. The van der Waals surface area contributed by atoms with Crippen LogP contribution in [0.15, 0.2) is 47.1 Å². The van der Waals surface area contributed by atoms with Crippen molar-refractivity contribution in [2.24, 2.45) is 12.8 Å². The first-order valence-electron chi connectivity index (χ1n) is 9.65. The van der Waals surface area contributed by atoms with E-state index < -0.39 is 5.91 Å². The largest absolute Gasteiger partial charge is 0.423 e. The first-order chi connectivity index (χ1) is 14.5. The number of fused-ring (bicyclic) bond motifs is 1. The van der Waals surface area contributed by atoms with Gasteiger partial charge in [0, 0.05) is 37.9 Å². The summed E-state index contributed by atoms with van der Waals surface area (Å²) in [7, 11) is 1.82. The molecule has 3 N–H and O–H groups in total. The number of carbonyl (C=O) groups excluding carboxylic acids is 1. The molecule has 9 heteroatoms. The van der Waals surface area contributed by atoms with E-state index in [1.807, 2.05) is 50.5 Å². The van der Waals surface area contributed by atoms with Crippen LogP contribution in [0.5, 0.6) is 0 Å². The summed E-state index contributed by atoms with van der Waals surface area (Å²) in [5.41, 5.74) is 10.7. The fourth-order valence-electron chi connectivity index (χ4n) is 3.61. The second-order valence-electron chi connectivity index (χ2n) is 7.59. The number of aromatic nitrogens is 4. The van der Waals surface area contributed by atoms with E-state index in [4.69, 9.17) is 10.2 Å². The fraction of sp³-hybridized carbons (Fsp3) is 0.238. The topological polar surface area (TPSA) is 115 Å². The number of amides is 1. The third-order valence-electron chi connectivity index (χ3n) is 5.24. The normalized spacial score (nSPS) is 14.1. The Kier molecular flexibility index (Phi) is 4.16. The Morgan fingerprint density at radius 1 is 1.23 bits per heavy atom. The summed E-state index contributed by atoms with van der Waals surface area (Å²) in [4.78, 5) is 23.1. The van der Waals surface area contributed by atoms with Crippen LogP contribution in [0.4, 0.5) is 17.4 Å².